The van der Waals surface area contributed by atoms with E-state index in [1.807, 2.05) is 6.07 Å². The second-order valence-electron chi connectivity index (χ2n) is 2.63. The van der Waals surface area contributed by atoms with Crippen molar-refractivity contribution >= 4 is 11.8 Å². The zero-order chi connectivity index (χ0) is 10.4. The van der Waals surface area contributed by atoms with Crippen LogP contribution in [0.15, 0.2) is 18.3 Å². The molecule has 0 atom stereocenters. The normalized spacial score (nSPS) is 10.0. The van der Waals surface area contributed by atoms with Gasteiger partial charge >= 0.3 is 0 Å². The number of allylic oxidation sites excluding steroid dienone is 1. The Morgan fingerprint density at radius 2 is 2.50 bits per heavy atom. The molecule has 1 aromatic rings. The van der Waals surface area contributed by atoms with Gasteiger partial charge in [0.05, 0.1) is 31.5 Å². The van der Waals surface area contributed by atoms with Gasteiger partial charge in [-0.1, -0.05) is 12.2 Å². The van der Waals surface area contributed by atoms with E-state index in [-0.39, 0.29) is 0 Å². The van der Waals surface area contributed by atoms with E-state index in [0.29, 0.717) is 18.0 Å². The quantitative estimate of drug-likeness (QED) is 0.783. The minimum Gasteiger partial charge on any atom is -0.481 e. The summed E-state index contributed by atoms with van der Waals surface area (Å²) in [6, 6.07) is 3.76. The second kappa shape index (κ2) is 4.87. The van der Waals surface area contributed by atoms with Gasteiger partial charge in [-0.3, -0.25) is 0 Å². The molecule has 0 bridgehead atoms. The Morgan fingerprint density at radius 1 is 1.71 bits per heavy atom. The van der Waals surface area contributed by atoms with Gasteiger partial charge in [-0.25, -0.2) is 4.98 Å². The number of hydrogen-bond acceptors (Lipinski definition) is 4. The average Bonchev–Trinajstić information content (AvgIpc) is 2.19. The fraction of sp³-hybridized carbons (Fsp3) is 0.200. The first-order chi connectivity index (χ1) is 6.77. The summed E-state index contributed by atoms with van der Waals surface area (Å²) >= 11 is 0. The fourth-order valence-electron chi connectivity index (χ4n) is 1.01. The van der Waals surface area contributed by atoms with Crippen molar-refractivity contribution in [1.82, 2.24) is 4.98 Å². The van der Waals surface area contributed by atoms with Gasteiger partial charge in [-0.15, -0.1) is 0 Å². The first-order valence-electron chi connectivity index (χ1n) is 4.11. The predicted octanol–water partition coefficient (Wildman–Crippen LogP) is 1.60. The van der Waals surface area contributed by atoms with Crippen LogP contribution in [-0.2, 0) is 0 Å². The van der Waals surface area contributed by atoms with Crippen LogP contribution < -0.4 is 10.5 Å². The lowest BCUT2D eigenvalue weighted by Gasteiger charge is -2.03. The summed E-state index contributed by atoms with van der Waals surface area (Å²) in [5.41, 5.74) is 6.92. The fourth-order valence-corrected chi connectivity index (χ4v) is 1.01. The molecule has 0 radical (unpaired) electrons. The lowest BCUT2D eigenvalue weighted by molar-refractivity contribution is 0.397. The number of rotatable bonds is 3. The van der Waals surface area contributed by atoms with Crippen LogP contribution in [-0.4, -0.2) is 12.1 Å². The highest BCUT2D eigenvalue weighted by atomic mass is 16.5. The summed E-state index contributed by atoms with van der Waals surface area (Å²) in [7, 11) is 1.54. The van der Waals surface area contributed by atoms with E-state index in [2.05, 4.69) is 4.98 Å². The minimum absolute atomic E-state index is 0.359. The third kappa shape index (κ3) is 2.49. The average molecular weight is 189 g/mol. The Balaban J connectivity index is 2.94. The smallest absolute Gasteiger partial charge is 0.220 e. The van der Waals surface area contributed by atoms with E-state index in [9.17, 15) is 0 Å². The van der Waals surface area contributed by atoms with E-state index < -0.39 is 0 Å². The molecule has 4 nitrogen and oxygen atoms in total. The van der Waals surface area contributed by atoms with E-state index in [4.69, 9.17) is 15.7 Å². The van der Waals surface area contributed by atoms with Gasteiger partial charge in [0.15, 0.2) is 0 Å². The van der Waals surface area contributed by atoms with Crippen LogP contribution in [0.1, 0.15) is 12.0 Å². The molecular formula is C10H11N3O. The molecule has 0 aliphatic rings. The van der Waals surface area contributed by atoms with Crippen molar-refractivity contribution in [3.63, 3.8) is 0 Å². The van der Waals surface area contributed by atoms with Gasteiger partial charge in [-0.05, 0) is 6.07 Å². The van der Waals surface area contributed by atoms with Crippen LogP contribution in [0, 0.1) is 11.3 Å². The molecule has 0 aromatic carbocycles. The molecule has 0 saturated carbocycles. The Morgan fingerprint density at radius 3 is 3.14 bits per heavy atom. The van der Waals surface area contributed by atoms with Crippen molar-refractivity contribution < 1.29 is 4.74 Å². The second-order valence-corrected chi connectivity index (χ2v) is 2.63. The number of pyridine rings is 1. The molecule has 1 heterocycles. The van der Waals surface area contributed by atoms with Crippen LogP contribution >= 0.6 is 0 Å². The van der Waals surface area contributed by atoms with Gasteiger partial charge < -0.3 is 10.5 Å². The zero-order valence-electron chi connectivity index (χ0n) is 7.90. The molecule has 0 aliphatic carbocycles. The summed E-state index contributed by atoms with van der Waals surface area (Å²) in [5, 5.41) is 8.35. The lowest BCUT2D eigenvalue weighted by atomic mass is 10.2. The highest BCUT2D eigenvalue weighted by molar-refractivity contribution is 5.59. The standard InChI is InChI=1S/C10H11N3O/c1-14-10-8(4-2-3-5-11)6-9(12)7-13-10/h2,4,6-7H,3,12H2,1H3. The molecule has 0 spiro atoms. The molecule has 0 amide bonds. The summed E-state index contributed by atoms with van der Waals surface area (Å²) < 4.78 is 5.03. The number of nitrogens with zero attached hydrogens (tertiary/aromatic N) is 2. The van der Waals surface area contributed by atoms with Crippen molar-refractivity contribution in [1.29, 1.82) is 5.26 Å². The summed E-state index contributed by atoms with van der Waals surface area (Å²) in [6.07, 6.45) is 5.39. The van der Waals surface area contributed by atoms with Gasteiger partial charge in [0.1, 0.15) is 0 Å². The van der Waals surface area contributed by atoms with Crippen LogP contribution in [0.25, 0.3) is 6.08 Å². The maximum absolute atomic E-state index is 8.35. The number of ether oxygens (including phenoxy) is 1. The topological polar surface area (TPSA) is 71.9 Å². The molecule has 0 saturated heterocycles. The first kappa shape index (κ1) is 10.1. The number of nitrogens with two attached hydrogens (primary N) is 1. The van der Waals surface area contributed by atoms with Crippen LogP contribution in [0.2, 0.25) is 0 Å². The van der Waals surface area contributed by atoms with E-state index >= 15 is 0 Å². The zero-order valence-corrected chi connectivity index (χ0v) is 7.90. The first-order valence-corrected chi connectivity index (χ1v) is 4.11. The molecule has 4 heteroatoms. The Hall–Kier alpha value is -2.02. The Bertz CT molecular complexity index is 379. The SMILES string of the molecule is COc1ncc(N)cc1C=CCC#N. The highest BCUT2D eigenvalue weighted by Gasteiger charge is 2.00. The number of nitrogen functional groups attached to an aromatic ring is 1. The van der Waals surface area contributed by atoms with Crippen LogP contribution in [0.5, 0.6) is 5.88 Å². The molecule has 0 unspecified atom stereocenters. The number of nitriles is 1. The van der Waals surface area contributed by atoms with Crippen LogP contribution in [0.3, 0.4) is 0 Å². The van der Waals surface area contributed by atoms with Crippen molar-refractivity contribution in [2.24, 2.45) is 0 Å². The van der Waals surface area contributed by atoms with Crippen molar-refractivity contribution in [3.8, 4) is 11.9 Å². The van der Waals surface area contributed by atoms with Crippen molar-refractivity contribution in [2.75, 3.05) is 12.8 Å². The van der Waals surface area contributed by atoms with Crippen molar-refractivity contribution in [2.45, 2.75) is 6.42 Å². The summed E-state index contributed by atoms with van der Waals surface area (Å²) in [4.78, 5) is 3.99. The van der Waals surface area contributed by atoms with E-state index in [0.717, 1.165) is 5.56 Å². The molecule has 0 aliphatic heterocycles. The molecule has 72 valence electrons. The minimum atomic E-state index is 0.359. The predicted molar refractivity (Wildman–Crippen MR) is 54.5 cm³/mol. The Kier molecular flexibility index (Phi) is 3.50. The number of hydrogen-bond donors (Lipinski definition) is 1. The van der Waals surface area contributed by atoms with E-state index in [1.165, 1.54) is 6.20 Å². The van der Waals surface area contributed by atoms with E-state index in [1.54, 1.807) is 25.3 Å². The number of methoxy groups -OCH3 is 1. The van der Waals surface area contributed by atoms with Gasteiger partial charge in [0, 0.05) is 5.56 Å². The monoisotopic (exact) mass is 189 g/mol. The lowest BCUT2D eigenvalue weighted by Crippen LogP contribution is -1.93. The number of aromatic nitrogens is 1. The molecule has 14 heavy (non-hydrogen) atoms. The van der Waals surface area contributed by atoms with Crippen LogP contribution in [0.4, 0.5) is 5.69 Å². The molecule has 1 rings (SSSR count). The molecule has 1 aromatic heterocycles. The summed E-state index contributed by atoms with van der Waals surface area (Å²) in [6.45, 7) is 0. The molecule has 0 fully saturated rings. The van der Waals surface area contributed by atoms with Gasteiger partial charge in [0.2, 0.25) is 5.88 Å². The molecular weight excluding hydrogens is 178 g/mol. The maximum Gasteiger partial charge on any atom is 0.220 e. The Labute approximate surface area is 82.6 Å². The van der Waals surface area contributed by atoms with Gasteiger partial charge in [0.25, 0.3) is 0 Å². The highest BCUT2D eigenvalue weighted by Crippen LogP contribution is 2.18. The molecule has 2 N–H and O–H groups in total. The van der Waals surface area contributed by atoms with Gasteiger partial charge in [-0.2, -0.15) is 5.26 Å². The largest absolute Gasteiger partial charge is 0.481 e. The maximum atomic E-state index is 8.35. The number of anilines is 1. The van der Waals surface area contributed by atoms with Crippen molar-refractivity contribution in [3.05, 3.63) is 23.9 Å². The third-order valence-corrected chi connectivity index (χ3v) is 1.60. The third-order valence-electron chi connectivity index (χ3n) is 1.60. The summed E-state index contributed by atoms with van der Waals surface area (Å²) in [5.74, 6) is 0.508.